The maximum Gasteiger partial charge on any atom is 0.337 e. The molecular weight excluding hydrogens is 472 g/mol. The molecule has 1 aliphatic heterocycles. The number of esters is 1. The van der Waals surface area contributed by atoms with Gasteiger partial charge in [0.2, 0.25) is 5.91 Å². The molecule has 0 unspecified atom stereocenters. The van der Waals surface area contributed by atoms with Gasteiger partial charge in [0.25, 0.3) is 0 Å². The van der Waals surface area contributed by atoms with Crippen molar-refractivity contribution in [2.75, 3.05) is 45.7 Å². The normalized spacial score (nSPS) is 14.7. The van der Waals surface area contributed by atoms with Crippen LogP contribution in [-0.2, 0) is 22.5 Å². The highest BCUT2D eigenvalue weighted by molar-refractivity contribution is 7.13. The Hall–Kier alpha value is -2.78. The molecule has 0 saturated carbocycles. The van der Waals surface area contributed by atoms with E-state index in [1.807, 2.05) is 5.38 Å². The molecule has 1 saturated heterocycles. The van der Waals surface area contributed by atoms with Crippen molar-refractivity contribution in [3.8, 4) is 10.6 Å². The highest BCUT2D eigenvalue weighted by atomic mass is 35.5. The first-order chi connectivity index (χ1) is 16.4. The predicted molar refractivity (Wildman–Crippen MR) is 135 cm³/mol. The first kappa shape index (κ1) is 24.3. The number of halogens is 1. The number of aromatic nitrogens is 1. The molecule has 178 valence electrons. The lowest BCUT2D eigenvalue weighted by Gasteiger charge is -2.32. The number of thiazole rings is 1. The Labute approximate surface area is 208 Å². The number of hydrogen-bond donors (Lipinski definition) is 1. The van der Waals surface area contributed by atoms with E-state index in [0.717, 1.165) is 43.3 Å². The Kier molecular flexibility index (Phi) is 7.95. The van der Waals surface area contributed by atoms with E-state index in [1.54, 1.807) is 12.1 Å². The highest BCUT2D eigenvalue weighted by Crippen LogP contribution is 2.26. The summed E-state index contributed by atoms with van der Waals surface area (Å²) in [6.45, 7) is 5.35. The van der Waals surface area contributed by atoms with Gasteiger partial charge in [0.1, 0.15) is 5.01 Å². The van der Waals surface area contributed by atoms with Gasteiger partial charge in [-0.3, -0.25) is 9.69 Å². The summed E-state index contributed by atoms with van der Waals surface area (Å²) < 4.78 is 4.72. The van der Waals surface area contributed by atoms with Crippen molar-refractivity contribution in [3.05, 3.63) is 69.7 Å². The topological polar surface area (TPSA) is 74.8 Å². The van der Waals surface area contributed by atoms with Gasteiger partial charge < -0.3 is 15.0 Å². The standard InChI is InChI=1S/C25H27ClN4O3S/c1-29-9-11-30(12-10-29)15-17-3-5-18(6-4-17)24-27-20(16-34-24)14-23(31)28-22-13-19(25(32)33-2)7-8-21(22)26/h3-8,13,16H,9-12,14-15H2,1-2H3,(H,28,31). The summed E-state index contributed by atoms with van der Waals surface area (Å²) in [6.07, 6.45) is 0.108. The molecule has 9 heteroatoms. The van der Waals surface area contributed by atoms with Gasteiger partial charge in [-0.15, -0.1) is 11.3 Å². The summed E-state index contributed by atoms with van der Waals surface area (Å²) >= 11 is 7.68. The van der Waals surface area contributed by atoms with Gasteiger partial charge in [-0.1, -0.05) is 35.9 Å². The largest absolute Gasteiger partial charge is 0.465 e. The van der Waals surface area contributed by atoms with Gasteiger partial charge >= 0.3 is 5.97 Å². The van der Waals surface area contributed by atoms with Crippen LogP contribution < -0.4 is 5.32 Å². The lowest BCUT2D eigenvalue weighted by Crippen LogP contribution is -2.43. The molecule has 1 N–H and O–H groups in total. The summed E-state index contributed by atoms with van der Waals surface area (Å²) in [5, 5.41) is 5.86. The minimum Gasteiger partial charge on any atom is -0.465 e. The fourth-order valence-corrected chi connectivity index (χ4v) is 4.75. The van der Waals surface area contributed by atoms with Crippen molar-refractivity contribution in [1.29, 1.82) is 0 Å². The second kappa shape index (κ2) is 11.1. The number of carbonyl (C=O) groups is 2. The molecule has 1 fully saturated rings. The zero-order chi connectivity index (χ0) is 24.1. The molecule has 0 spiro atoms. The molecule has 7 nitrogen and oxygen atoms in total. The van der Waals surface area contributed by atoms with Crippen molar-refractivity contribution >= 4 is 40.5 Å². The Morgan fingerprint density at radius 2 is 1.85 bits per heavy atom. The van der Waals surface area contributed by atoms with Gasteiger partial charge in [0.05, 0.1) is 35.5 Å². The Bertz CT molecular complexity index is 1160. The maximum atomic E-state index is 12.6. The number of rotatable bonds is 7. The summed E-state index contributed by atoms with van der Waals surface area (Å²) in [7, 11) is 3.46. The van der Waals surface area contributed by atoms with E-state index in [4.69, 9.17) is 16.3 Å². The minimum absolute atomic E-state index is 0.108. The van der Waals surface area contributed by atoms with Crippen LogP contribution in [0.15, 0.2) is 47.8 Å². The number of ether oxygens (including phenoxy) is 1. The van der Waals surface area contributed by atoms with Crippen LogP contribution >= 0.6 is 22.9 Å². The number of hydrogen-bond acceptors (Lipinski definition) is 7. The zero-order valence-electron chi connectivity index (χ0n) is 19.2. The van der Waals surface area contributed by atoms with E-state index in [-0.39, 0.29) is 12.3 Å². The molecular formula is C25H27ClN4O3S. The molecule has 0 atom stereocenters. The lowest BCUT2D eigenvalue weighted by atomic mass is 10.1. The lowest BCUT2D eigenvalue weighted by molar-refractivity contribution is -0.115. The number of likely N-dealkylation sites (N-methyl/N-ethyl adjacent to an activating group) is 1. The molecule has 1 aromatic heterocycles. The Morgan fingerprint density at radius 3 is 2.56 bits per heavy atom. The summed E-state index contributed by atoms with van der Waals surface area (Å²) in [5.74, 6) is -0.755. The van der Waals surface area contributed by atoms with E-state index < -0.39 is 5.97 Å². The fourth-order valence-electron chi connectivity index (χ4n) is 3.76. The van der Waals surface area contributed by atoms with E-state index >= 15 is 0 Å². The fraction of sp³-hybridized carbons (Fsp3) is 0.320. The molecule has 1 amide bonds. The van der Waals surface area contributed by atoms with Gasteiger partial charge in [0, 0.05) is 43.7 Å². The second-order valence-electron chi connectivity index (χ2n) is 8.33. The van der Waals surface area contributed by atoms with Crippen LogP contribution in [0.25, 0.3) is 10.6 Å². The Balaban J connectivity index is 1.35. The molecule has 0 radical (unpaired) electrons. The van der Waals surface area contributed by atoms with Crippen LogP contribution in [0.1, 0.15) is 21.6 Å². The number of piperazine rings is 1. The Morgan fingerprint density at radius 1 is 1.12 bits per heavy atom. The van der Waals surface area contributed by atoms with Gasteiger partial charge in [-0.25, -0.2) is 9.78 Å². The van der Waals surface area contributed by atoms with Crippen LogP contribution in [0.3, 0.4) is 0 Å². The number of nitrogens with one attached hydrogen (secondary N) is 1. The number of nitrogens with zero attached hydrogens (tertiary/aromatic N) is 3. The average molecular weight is 499 g/mol. The molecule has 34 heavy (non-hydrogen) atoms. The third kappa shape index (κ3) is 6.21. The summed E-state index contributed by atoms with van der Waals surface area (Å²) in [6, 6.07) is 13.1. The number of carbonyl (C=O) groups excluding carboxylic acids is 2. The summed E-state index contributed by atoms with van der Waals surface area (Å²) in [5.41, 5.74) is 3.68. The SMILES string of the molecule is COC(=O)c1ccc(Cl)c(NC(=O)Cc2csc(-c3ccc(CN4CCN(C)CC4)cc3)n2)c1. The van der Waals surface area contributed by atoms with Crippen molar-refractivity contribution in [1.82, 2.24) is 14.8 Å². The third-order valence-electron chi connectivity index (χ3n) is 5.76. The van der Waals surface area contributed by atoms with Crippen LogP contribution in [0, 0.1) is 0 Å². The van der Waals surface area contributed by atoms with Gasteiger partial charge in [0.15, 0.2) is 0 Å². The third-order valence-corrected chi connectivity index (χ3v) is 7.03. The smallest absolute Gasteiger partial charge is 0.337 e. The first-order valence-electron chi connectivity index (χ1n) is 11.0. The molecule has 4 rings (SSSR count). The minimum atomic E-state index is -0.495. The van der Waals surface area contributed by atoms with Crippen molar-refractivity contribution in [2.24, 2.45) is 0 Å². The number of benzene rings is 2. The van der Waals surface area contributed by atoms with Crippen LogP contribution in [0.2, 0.25) is 5.02 Å². The molecule has 2 heterocycles. The quantitative estimate of drug-likeness (QED) is 0.493. The molecule has 0 bridgehead atoms. The average Bonchev–Trinajstić information content (AvgIpc) is 3.30. The van der Waals surface area contributed by atoms with E-state index in [9.17, 15) is 9.59 Å². The number of methoxy groups -OCH3 is 1. The molecule has 0 aliphatic carbocycles. The van der Waals surface area contributed by atoms with Gasteiger partial charge in [-0.05, 0) is 30.8 Å². The van der Waals surface area contributed by atoms with E-state index in [2.05, 4.69) is 51.4 Å². The monoisotopic (exact) mass is 498 g/mol. The highest BCUT2D eigenvalue weighted by Gasteiger charge is 2.15. The number of anilines is 1. The van der Waals surface area contributed by atoms with Crippen LogP contribution in [0.5, 0.6) is 0 Å². The zero-order valence-corrected chi connectivity index (χ0v) is 20.8. The maximum absolute atomic E-state index is 12.6. The van der Waals surface area contributed by atoms with Crippen LogP contribution in [0.4, 0.5) is 5.69 Å². The van der Waals surface area contributed by atoms with Crippen LogP contribution in [-0.4, -0.2) is 67.0 Å². The van der Waals surface area contributed by atoms with E-state index in [0.29, 0.717) is 22.0 Å². The predicted octanol–water partition coefficient (Wildman–Crippen LogP) is 4.18. The van der Waals surface area contributed by atoms with Crippen molar-refractivity contribution in [3.63, 3.8) is 0 Å². The molecule has 1 aliphatic rings. The second-order valence-corrected chi connectivity index (χ2v) is 9.60. The van der Waals surface area contributed by atoms with Gasteiger partial charge in [-0.2, -0.15) is 0 Å². The van der Waals surface area contributed by atoms with Crippen molar-refractivity contribution < 1.29 is 14.3 Å². The number of amides is 1. The van der Waals surface area contributed by atoms with E-state index in [1.165, 1.54) is 30.1 Å². The summed E-state index contributed by atoms with van der Waals surface area (Å²) in [4.78, 5) is 33.8. The molecule has 2 aromatic carbocycles. The van der Waals surface area contributed by atoms with Crippen molar-refractivity contribution in [2.45, 2.75) is 13.0 Å². The molecule has 3 aromatic rings. The first-order valence-corrected chi connectivity index (χ1v) is 12.3.